The van der Waals surface area contributed by atoms with Crippen molar-refractivity contribution < 1.29 is 23.5 Å². The number of esters is 1. The van der Waals surface area contributed by atoms with Gasteiger partial charge in [-0.25, -0.2) is 4.39 Å². The highest BCUT2D eigenvalue weighted by molar-refractivity contribution is 5.81. The van der Waals surface area contributed by atoms with E-state index in [1.807, 2.05) is 0 Å². The van der Waals surface area contributed by atoms with E-state index in [1.165, 1.54) is 12.1 Å². The second-order valence-corrected chi connectivity index (χ2v) is 6.33. The Hall–Kier alpha value is -2.44. The van der Waals surface area contributed by atoms with Gasteiger partial charge in [0.2, 0.25) is 11.8 Å². The molecule has 1 N–H and O–H groups in total. The number of nitrogens with zero attached hydrogens (tertiary/aromatic N) is 1. The van der Waals surface area contributed by atoms with Crippen molar-refractivity contribution >= 4 is 17.8 Å². The van der Waals surface area contributed by atoms with Gasteiger partial charge < -0.3 is 15.0 Å². The molecule has 1 aromatic rings. The maximum Gasteiger partial charge on any atom is 0.306 e. The second kappa shape index (κ2) is 9.89. The molecule has 142 valence electrons. The molecule has 1 heterocycles. The van der Waals surface area contributed by atoms with Crippen LogP contribution >= 0.6 is 0 Å². The van der Waals surface area contributed by atoms with Gasteiger partial charge in [-0.05, 0) is 37.5 Å². The number of amides is 2. The third-order valence-electron chi connectivity index (χ3n) is 4.34. The van der Waals surface area contributed by atoms with Crippen LogP contribution in [0.2, 0.25) is 0 Å². The van der Waals surface area contributed by atoms with Crippen LogP contribution in [-0.4, -0.2) is 48.4 Å². The molecular weight excluding hydrogens is 339 g/mol. The van der Waals surface area contributed by atoms with Crippen LogP contribution in [0.1, 0.15) is 38.2 Å². The maximum absolute atomic E-state index is 12.9. The van der Waals surface area contributed by atoms with E-state index >= 15 is 0 Å². The Labute approximate surface area is 152 Å². The summed E-state index contributed by atoms with van der Waals surface area (Å²) >= 11 is 0. The Morgan fingerprint density at radius 2 is 1.81 bits per heavy atom. The van der Waals surface area contributed by atoms with Gasteiger partial charge in [-0.2, -0.15) is 0 Å². The molecule has 0 aliphatic carbocycles. The van der Waals surface area contributed by atoms with E-state index in [4.69, 9.17) is 4.74 Å². The van der Waals surface area contributed by atoms with Gasteiger partial charge in [0.05, 0.1) is 19.4 Å². The van der Waals surface area contributed by atoms with Gasteiger partial charge in [-0.3, -0.25) is 14.4 Å². The van der Waals surface area contributed by atoms with Crippen molar-refractivity contribution in [2.75, 3.05) is 19.7 Å². The number of rotatable bonds is 7. The smallest absolute Gasteiger partial charge is 0.306 e. The summed E-state index contributed by atoms with van der Waals surface area (Å²) in [6.07, 6.45) is 1.80. The van der Waals surface area contributed by atoms with Crippen molar-refractivity contribution in [2.45, 2.75) is 45.1 Å². The van der Waals surface area contributed by atoms with Crippen molar-refractivity contribution in [1.29, 1.82) is 0 Å². The SMILES string of the molecule is CCOC(=O)CCC(=O)NC1CCN(C(=O)Cc2ccc(F)cc2)CC1. The summed E-state index contributed by atoms with van der Waals surface area (Å²) in [5.41, 5.74) is 0.783. The quantitative estimate of drug-likeness (QED) is 0.749. The Bertz CT molecular complexity index is 625. The third-order valence-corrected chi connectivity index (χ3v) is 4.34. The van der Waals surface area contributed by atoms with E-state index in [0.717, 1.165) is 5.56 Å². The molecule has 2 rings (SSSR count). The predicted octanol–water partition coefficient (Wildman–Crippen LogP) is 1.82. The zero-order valence-corrected chi connectivity index (χ0v) is 15.0. The van der Waals surface area contributed by atoms with Gasteiger partial charge in [-0.1, -0.05) is 12.1 Å². The summed E-state index contributed by atoms with van der Waals surface area (Å²) in [5.74, 6) is -0.859. The lowest BCUT2D eigenvalue weighted by molar-refractivity contribution is -0.144. The number of piperidine rings is 1. The Morgan fingerprint density at radius 3 is 2.42 bits per heavy atom. The summed E-state index contributed by atoms with van der Waals surface area (Å²) in [6.45, 7) is 3.18. The predicted molar refractivity (Wildman–Crippen MR) is 93.7 cm³/mol. The van der Waals surface area contributed by atoms with Crippen LogP contribution in [0.5, 0.6) is 0 Å². The number of benzene rings is 1. The van der Waals surface area contributed by atoms with Crippen LogP contribution in [-0.2, 0) is 25.5 Å². The lowest BCUT2D eigenvalue weighted by Gasteiger charge is -2.32. The highest BCUT2D eigenvalue weighted by Crippen LogP contribution is 2.13. The molecule has 0 aromatic heterocycles. The number of nitrogens with one attached hydrogen (secondary N) is 1. The summed E-state index contributed by atoms with van der Waals surface area (Å²) in [6, 6.07) is 5.94. The maximum atomic E-state index is 12.9. The highest BCUT2D eigenvalue weighted by Gasteiger charge is 2.24. The highest BCUT2D eigenvalue weighted by atomic mass is 19.1. The minimum atomic E-state index is -0.371. The first kappa shape index (κ1) is 19.9. The molecule has 0 bridgehead atoms. The average Bonchev–Trinajstić information content (AvgIpc) is 2.63. The van der Waals surface area contributed by atoms with Crippen molar-refractivity contribution in [3.8, 4) is 0 Å². The molecule has 0 radical (unpaired) electrons. The fourth-order valence-corrected chi connectivity index (χ4v) is 2.91. The molecule has 6 nitrogen and oxygen atoms in total. The third kappa shape index (κ3) is 6.46. The molecule has 0 unspecified atom stereocenters. The van der Waals surface area contributed by atoms with Gasteiger partial charge in [0.15, 0.2) is 0 Å². The number of ether oxygens (including phenoxy) is 1. The van der Waals surface area contributed by atoms with Crippen LogP contribution < -0.4 is 5.32 Å². The molecule has 1 aliphatic rings. The van der Waals surface area contributed by atoms with Gasteiger partial charge in [-0.15, -0.1) is 0 Å². The molecule has 0 saturated carbocycles. The molecule has 1 fully saturated rings. The number of halogens is 1. The molecule has 0 spiro atoms. The van der Waals surface area contributed by atoms with E-state index in [9.17, 15) is 18.8 Å². The minimum Gasteiger partial charge on any atom is -0.466 e. The van der Waals surface area contributed by atoms with Crippen LogP contribution in [0.3, 0.4) is 0 Å². The van der Waals surface area contributed by atoms with E-state index in [0.29, 0.717) is 32.5 Å². The molecule has 26 heavy (non-hydrogen) atoms. The zero-order chi connectivity index (χ0) is 18.9. The molecule has 0 atom stereocenters. The fourth-order valence-electron chi connectivity index (χ4n) is 2.91. The summed E-state index contributed by atoms with van der Waals surface area (Å²) in [5, 5.41) is 2.91. The first-order valence-electron chi connectivity index (χ1n) is 8.95. The van der Waals surface area contributed by atoms with Crippen molar-refractivity contribution in [1.82, 2.24) is 10.2 Å². The summed E-state index contributed by atoms with van der Waals surface area (Å²) < 4.78 is 17.7. The molecule has 1 aromatic carbocycles. The monoisotopic (exact) mass is 364 g/mol. The standard InChI is InChI=1S/C19H25FN2O4/c1-2-26-19(25)8-7-17(23)21-16-9-11-22(12-10-16)18(24)13-14-3-5-15(20)6-4-14/h3-6,16H,2,7-13H2,1H3,(H,21,23). The topological polar surface area (TPSA) is 75.7 Å². The van der Waals surface area contributed by atoms with Gasteiger partial charge in [0, 0.05) is 25.6 Å². The molecule has 1 aliphatic heterocycles. The van der Waals surface area contributed by atoms with Gasteiger partial charge in [0.1, 0.15) is 5.82 Å². The number of hydrogen-bond acceptors (Lipinski definition) is 4. The van der Waals surface area contributed by atoms with E-state index in [-0.39, 0.29) is 48.9 Å². The Balaban J connectivity index is 1.69. The first-order chi connectivity index (χ1) is 12.5. The van der Waals surface area contributed by atoms with Crippen molar-refractivity contribution in [3.63, 3.8) is 0 Å². The lowest BCUT2D eigenvalue weighted by atomic mass is 10.0. The minimum absolute atomic E-state index is 0.00342. The number of likely N-dealkylation sites (tertiary alicyclic amines) is 1. The first-order valence-corrected chi connectivity index (χ1v) is 8.95. The largest absolute Gasteiger partial charge is 0.466 e. The number of carbonyl (C=O) groups is 3. The Kier molecular flexibility index (Phi) is 7.56. The van der Waals surface area contributed by atoms with Crippen LogP contribution in [0.25, 0.3) is 0 Å². The van der Waals surface area contributed by atoms with Crippen molar-refractivity contribution in [3.05, 3.63) is 35.6 Å². The normalized spacial score (nSPS) is 14.8. The number of hydrogen-bond donors (Lipinski definition) is 1. The Morgan fingerprint density at radius 1 is 1.15 bits per heavy atom. The van der Waals surface area contributed by atoms with E-state index < -0.39 is 0 Å². The van der Waals surface area contributed by atoms with E-state index in [2.05, 4.69) is 5.32 Å². The van der Waals surface area contributed by atoms with Gasteiger partial charge >= 0.3 is 5.97 Å². The number of carbonyl (C=O) groups excluding carboxylic acids is 3. The summed E-state index contributed by atoms with van der Waals surface area (Å²) in [4.78, 5) is 37.2. The van der Waals surface area contributed by atoms with E-state index in [1.54, 1.807) is 24.0 Å². The molecule has 7 heteroatoms. The van der Waals surface area contributed by atoms with Crippen LogP contribution in [0.4, 0.5) is 4.39 Å². The lowest BCUT2D eigenvalue weighted by Crippen LogP contribution is -2.47. The molecular formula is C19H25FN2O4. The zero-order valence-electron chi connectivity index (χ0n) is 15.0. The van der Waals surface area contributed by atoms with Crippen molar-refractivity contribution in [2.24, 2.45) is 0 Å². The fraction of sp³-hybridized carbons (Fsp3) is 0.526. The van der Waals surface area contributed by atoms with Crippen LogP contribution in [0, 0.1) is 5.82 Å². The van der Waals surface area contributed by atoms with Gasteiger partial charge in [0.25, 0.3) is 0 Å². The molecule has 2 amide bonds. The average molecular weight is 364 g/mol. The second-order valence-electron chi connectivity index (χ2n) is 6.33. The summed E-state index contributed by atoms with van der Waals surface area (Å²) in [7, 11) is 0. The van der Waals surface area contributed by atoms with Crippen LogP contribution in [0.15, 0.2) is 24.3 Å². The molecule has 1 saturated heterocycles.